The van der Waals surface area contributed by atoms with Crippen molar-refractivity contribution in [3.05, 3.63) is 78.1 Å². The van der Waals surface area contributed by atoms with Crippen molar-refractivity contribution in [2.24, 2.45) is 0 Å². The van der Waals surface area contributed by atoms with E-state index >= 15 is 0 Å². The van der Waals surface area contributed by atoms with Crippen LogP contribution in [0, 0.1) is 5.82 Å². The number of aromatic nitrogens is 4. The number of imidazole rings is 1. The van der Waals surface area contributed by atoms with Gasteiger partial charge in [-0.15, -0.1) is 0 Å². The van der Waals surface area contributed by atoms with Crippen molar-refractivity contribution in [3.63, 3.8) is 0 Å². The predicted octanol–water partition coefficient (Wildman–Crippen LogP) is 2.49. The van der Waals surface area contributed by atoms with Crippen LogP contribution in [0.15, 0.2) is 61.1 Å². The minimum absolute atomic E-state index is 0.0656. The molecular formula is C22H19FN6O2. The van der Waals surface area contributed by atoms with Gasteiger partial charge in [-0.25, -0.2) is 14.1 Å². The van der Waals surface area contributed by atoms with Crippen molar-refractivity contribution >= 4 is 22.8 Å². The average molecular weight is 418 g/mol. The maximum absolute atomic E-state index is 13.1. The molecule has 8 nitrogen and oxygen atoms in total. The van der Waals surface area contributed by atoms with Crippen LogP contribution in [0.3, 0.4) is 0 Å². The fourth-order valence-electron chi connectivity index (χ4n) is 3.70. The summed E-state index contributed by atoms with van der Waals surface area (Å²) < 4.78 is 14.6. The molecule has 1 N–H and O–H groups in total. The molecule has 9 heteroatoms. The number of carbonyl (C=O) groups is 2. The van der Waals surface area contributed by atoms with E-state index in [1.165, 1.54) is 16.8 Å². The SMILES string of the molecule is O=C(c1ccc2nc[nH]c2c1)N1CCN(C(=O)c2ccn(-c3ccc(F)cc3)n2)CC1. The Morgan fingerprint density at radius 1 is 0.903 bits per heavy atom. The normalized spacial score (nSPS) is 14.2. The van der Waals surface area contributed by atoms with Crippen LogP contribution in [0.5, 0.6) is 0 Å². The molecule has 0 atom stereocenters. The molecule has 0 aliphatic carbocycles. The summed E-state index contributed by atoms with van der Waals surface area (Å²) >= 11 is 0. The number of aromatic amines is 1. The summed E-state index contributed by atoms with van der Waals surface area (Å²) in [5, 5.41) is 4.32. The Kier molecular flexibility index (Phi) is 4.70. The smallest absolute Gasteiger partial charge is 0.274 e. The van der Waals surface area contributed by atoms with Crippen molar-refractivity contribution in [3.8, 4) is 5.69 Å². The highest BCUT2D eigenvalue weighted by Gasteiger charge is 2.26. The average Bonchev–Trinajstić information content (AvgIpc) is 3.48. The maximum Gasteiger partial charge on any atom is 0.274 e. The second-order valence-corrected chi connectivity index (χ2v) is 7.34. The quantitative estimate of drug-likeness (QED) is 0.554. The van der Waals surface area contributed by atoms with Crippen molar-refractivity contribution in [1.29, 1.82) is 0 Å². The number of piperazine rings is 1. The molecule has 4 aromatic rings. The van der Waals surface area contributed by atoms with Gasteiger partial charge in [-0.1, -0.05) is 0 Å². The first-order chi connectivity index (χ1) is 15.1. The molecule has 0 bridgehead atoms. The van der Waals surface area contributed by atoms with Gasteiger partial charge in [0.25, 0.3) is 11.8 Å². The summed E-state index contributed by atoms with van der Waals surface area (Å²) in [5.74, 6) is -0.583. The first-order valence-corrected chi connectivity index (χ1v) is 9.92. The highest BCUT2D eigenvalue weighted by atomic mass is 19.1. The Bertz CT molecular complexity index is 1250. The van der Waals surface area contributed by atoms with Gasteiger partial charge in [0.2, 0.25) is 0 Å². The van der Waals surface area contributed by atoms with E-state index in [9.17, 15) is 14.0 Å². The lowest BCUT2D eigenvalue weighted by Gasteiger charge is -2.34. The maximum atomic E-state index is 13.1. The molecule has 0 spiro atoms. The zero-order valence-corrected chi connectivity index (χ0v) is 16.5. The van der Waals surface area contributed by atoms with Crippen LogP contribution in [-0.4, -0.2) is 67.5 Å². The molecule has 1 aliphatic rings. The number of hydrogen-bond acceptors (Lipinski definition) is 4. The summed E-state index contributed by atoms with van der Waals surface area (Å²) in [4.78, 5) is 36.3. The van der Waals surface area contributed by atoms with Crippen LogP contribution < -0.4 is 0 Å². The molecule has 1 fully saturated rings. The first kappa shape index (κ1) is 19.0. The van der Waals surface area contributed by atoms with Gasteiger partial charge >= 0.3 is 0 Å². The zero-order valence-electron chi connectivity index (χ0n) is 16.5. The topological polar surface area (TPSA) is 87.1 Å². The summed E-state index contributed by atoms with van der Waals surface area (Å²) in [5.41, 5.74) is 3.21. The van der Waals surface area contributed by atoms with E-state index < -0.39 is 0 Å². The van der Waals surface area contributed by atoms with E-state index in [0.29, 0.717) is 43.1 Å². The van der Waals surface area contributed by atoms with E-state index in [2.05, 4.69) is 15.1 Å². The monoisotopic (exact) mass is 418 g/mol. The van der Waals surface area contributed by atoms with Crippen molar-refractivity contribution in [2.75, 3.05) is 26.2 Å². The van der Waals surface area contributed by atoms with Gasteiger partial charge in [0.05, 0.1) is 23.0 Å². The zero-order chi connectivity index (χ0) is 21.4. The molecule has 156 valence electrons. The molecule has 0 unspecified atom stereocenters. The lowest BCUT2D eigenvalue weighted by molar-refractivity contribution is 0.0532. The highest BCUT2D eigenvalue weighted by molar-refractivity contribution is 5.97. The Labute approximate surface area is 176 Å². The van der Waals surface area contributed by atoms with Crippen LogP contribution in [0.4, 0.5) is 4.39 Å². The lowest BCUT2D eigenvalue weighted by Crippen LogP contribution is -2.50. The molecule has 1 saturated heterocycles. The number of benzene rings is 2. The fraction of sp³-hybridized carbons (Fsp3) is 0.182. The van der Waals surface area contributed by atoms with Crippen LogP contribution in [-0.2, 0) is 0 Å². The molecule has 0 radical (unpaired) electrons. The molecule has 2 amide bonds. The second kappa shape index (κ2) is 7.67. The molecule has 2 aromatic carbocycles. The highest BCUT2D eigenvalue weighted by Crippen LogP contribution is 2.16. The van der Waals surface area contributed by atoms with E-state index in [-0.39, 0.29) is 17.6 Å². The van der Waals surface area contributed by atoms with Crippen molar-refractivity contribution in [2.45, 2.75) is 0 Å². The van der Waals surface area contributed by atoms with E-state index in [1.807, 2.05) is 6.07 Å². The molecular weight excluding hydrogens is 399 g/mol. The van der Waals surface area contributed by atoms with Gasteiger partial charge in [0.1, 0.15) is 5.82 Å². The molecule has 1 aliphatic heterocycles. The number of carbonyl (C=O) groups excluding carboxylic acids is 2. The third kappa shape index (κ3) is 3.65. The Balaban J connectivity index is 1.23. The first-order valence-electron chi connectivity index (χ1n) is 9.92. The Morgan fingerprint density at radius 3 is 2.35 bits per heavy atom. The number of nitrogens with one attached hydrogen (secondary N) is 1. The molecule has 31 heavy (non-hydrogen) atoms. The summed E-state index contributed by atoms with van der Waals surface area (Å²) in [6.07, 6.45) is 3.27. The lowest BCUT2D eigenvalue weighted by atomic mass is 10.1. The number of amides is 2. The number of H-pyrrole nitrogens is 1. The summed E-state index contributed by atoms with van der Waals surface area (Å²) in [6.45, 7) is 1.76. The van der Waals surface area contributed by atoms with Gasteiger partial charge in [-0.3, -0.25) is 9.59 Å². The van der Waals surface area contributed by atoms with E-state index in [1.54, 1.807) is 52.7 Å². The second-order valence-electron chi connectivity index (χ2n) is 7.34. The van der Waals surface area contributed by atoms with Gasteiger partial charge in [-0.05, 0) is 48.5 Å². The number of rotatable bonds is 3. The Morgan fingerprint density at radius 2 is 1.61 bits per heavy atom. The van der Waals surface area contributed by atoms with Crippen LogP contribution in [0.2, 0.25) is 0 Å². The third-order valence-corrected chi connectivity index (χ3v) is 5.42. The van der Waals surface area contributed by atoms with E-state index in [4.69, 9.17) is 0 Å². The van der Waals surface area contributed by atoms with Gasteiger partial charge < -0.3 is 14.8 Å². The number of halogens is 1. The van der Waals surface area contributed by atoms with Crippen molar-refractivity contribution in [1.82, 2.24) is 29.5 Å². The minimum atomic E-state index is -0.330. The standard InChI is InChI=1S/C22H19FN6O2/c23-16-2-4-17(5-3-16)29-8-7-19(26-29)22(31)28-11-9-27(10-12-28)21(30)15-1-6-18-20(13-15)25-14-24-18/h1-8,13-14H,9-12H2,(H,24,25). The molecule has 3 heterocycles. The fourth-order valence-corrected chi connectivity index (χ4v) is 3.70. The van der Waals surface area contributed by atoms with Gasteiger partial charge in [0, 0.05) is 37.9 Å². The number of fused-ring (bicyclic) bond motifs is 1. The van der Waals surface area contributed by atoms with Crippen LogP contribution in [0.25, 0.3) is 16.7 Å². The predicted molar refractivity (Wildman–Crippen MR) is 111 cm³/mol. The Hall–Kier alpha value is -4.01. The number of hydrogen-bond donors (Lipinski definition) is 1. The van der Waals surface area contributed by atoms with Crippen molar-refractivity contribution < 1.29 is 14.0 Å². The number of nitrogens with zero attached hydrogens (tertiary/aromatic N) is 5. The summed E-state index contributed by atoms with van der Waals surface area (Å²) in [7, 11) is 0. The van der Waals surface area contributed by atoms with Crippen LogP contribution >= 0.6 is 0 Å². The minimum Gasteiger partial charge on any atom is -0.345 e. The largest absolute Gasteiger partial charge is 0.345 e. The van der Waals surface area contributed by atoms with Gasteiger partial charge in [0.15, 0.2) is 5.69 Å². The summed E-state index contributed by atoms with van der Waals surface area (Å²) in [6, 6.07) is 12.9. The van der Waals surface area contributed by atoms with Crippen LogP contribution in [0.1, 0.15) is 20.8 Å². The molecule has 5 rings (SSSR count). The molecule has 2 aromatic heterocycles. The third-order valence-electron chi connectivity index (χ3n) is 5.42. The van der Waals surface area contributed by atoms with Gasteiger partial charge in [-0.2, -0.15) is 5.10 Å². The molecule has 0 saturated carbocycles. The van der Waals surface area contributed by atoms with E-state index in [0.717, 1.165) is 11.0 Å².